The van der Waals surface area contributed by atoms with Crippen molar-refractivity contribution in [2.45, 2.75) is 31.2 Å². The highest BCUT2D eigenvalue weighted by Crippen LogP contribution is 2.29. The van der Waals surface area contributed by atoms with Crippen molar-refractivity contribution in [1.82, 2.24) is 13.9 Å². The van der Waals surface area contributed by atoms with Gasteiger partial charge in [0.15, 0.2) is 0 Å². The minimum absolute atomic E-state index is 0.0126. The van der Waals surface area contributed by atoms with Crippen LogP contribution in [-0.4, -0.2) is 42.3 Å². The van der Waals surface area contributed by atoms with Crippen molar-refractivity contribution in [3.05, 3.63) is 53.1 Å². The lowest BCUT2D eigenvalue weighted by Gasteiger charge is -2.24. The van der Waals surface area contributed by atoms with Crippen molar-refractivity contribution in [1.29, 1.82) is 0 Å². The third-order valence-corrected chi connectivity index (χ3v) is 6.56. The van der Waals surface area contributed by atoms with Crippen LogP contribution in [0.4, 0.5) is 5.95 Å². The number of rotatable bonds is 4. The summed E-state index contributed by atoms with van der Waals surface area (Å²) in [5.74, 6) is -0.174. The fourth-order valence-electron chi connectivity index (χ4n) is 3.01. The molecule has 7 nitrogen and oxygen atoms in total. The number of amides is 1. The number of hydrogen-bond acceptors (Lipinski definition) is 4. The topological polar surface area (TPSA) is 84.3 Å². The molecule has 1 aromatic heterocycles. The summed E-state index contributed by atoms with van der Waals surface area (Å²) in [5, 5.41) is 2.94. The third kappa shape index (κ3) is 4.01. The minimum Gasteiger partial charge on any atom is -0.305 e. The van der Waals surface area contributed by atoms with E-state index in [1.165, 1.54) is 32.3 Å². The van der Waals surface area contributed by atoms with Gasteiger partial charge in [0.05, 0.1) is 26.5 Å². The summed E-state index contributed by atoms with van der Waals surface area (Å²) in [4.78, 5) is 17.5. The summed E-state index contributed by atoms with van der Waals surface area (Å²) in [6.45, 7) is 6.02. The molecular formula is C20H23ClN4O3S. The van der Waals surface area contributed by atoms with Gasteiger partial charge in [-0.05, 0) is 51.1 Å². The van der Waals surface area contributed by atoms with Gasteiger partial charge in [-0.1, -0.05) is 23.7 Å². The van der Waals surface area contributed by atoms with Crippen LogP contribution < -0.4 is 5.32 Å². The van der Waals surface area contributed by atoms with E-state index in [9.17, 15) is 13.2 Å². The molecule has 0 fully saturated rings. The summed E-state index contributed by atoms with van der Waals surface area (Å²) in [6, 6.07) is 11.6. The molecule has 1 N–H and O–H groups in total. The van der Waals surface area contributed by atoms with Crippen molar-refractivity contribution in [2.75, 3.05) is 19.4 Å². The quantitative estimate of drug-likeness (QED) is 0.673. The average Bonchev–Trinajstić information content (AvgIpc) is 2.99. The van der Waals surface area contributed by atoms with Crippen LogP contribution in [0, 0.1) is 0 Å². The van der Waals surface area contributed by atoms with E-state index in [0.717, 1.165) is 15.3 Å². The first-order chi connectivity index (χ1) is 13.4. The molecule has 0 bridgehead atoms. The van der Waals surface area contributed by atoms with Gasteiger partial charge in [-0.3, -0.25) is 10.1 Å². The number of carbonyl (C=O) groups excluding carboxylic acids is 1. The predicted octanol–water partition coefficient (Wildman–Crippen LogP) is 3.95. The van der Waals surface area contributed by atoms with E-state index in [-0.39, 0.29) is 21.0 Å². The monoisotopic (exact) mass is 434 g/mol. The Labute approximate surface area is 175 Å². The van der Waals surface area contributed by atoms with E-state index in [0.29, 0.717) is 5.95 Å². The SMILES string of the molecule is CN(C)S(=O)(=O)c1ccc(Cl)c(C(=O)Nc2nc3ccccc3n2C(C)(C)C)c1. The molecule has 0 spiro atoms. The summed E-state index contributed by atoms with van der Waals surface area (Å²) in [5.41, 5.74) is 1.33. The van der Waals surface area contributed by atoms with Gasteiger partial charge in [0.2, 0.25) is 16.0 Å². The van der Waals surface area contributed by atoms with Crippen molar-refractivity contribution in [3.63, 3.8) is 0 Å². The molecule has 0 atom stereocenters. The van der Waals surface area contributed by atoms with E-state index in [1.807, 2.05) is 49.6 Å². The normalized spacial score (nSPS) is 12.5. The highest BCUT2D eigenvalue weighted by molar-refractivity contribution is 7.89. The van der Waals surface area contributed by atoms with Crippen molar-refractivity contribution >= 4 is 44.5 Å². The van der Waals surface area contributed by atoms with Gasteiger partial charge in [-0.15, -0.1) is 0 Å². The number of sulfonamides is 1. The largest absolute Gasteiger partial charge is 0.305 e. The molecule has 2 aromatic carbocycles. The molecule has 0 aliphatic heterocycles. The predicted molar refractivity (Wildman–Crippen MR) is 115 cm³/mol. The molecule has 29 heavy (non-hydrogen) atoms. The molecule has 0 saturated heterocycles. The van der Waals surface area contributed by atoms with Gasteiger partial charge in [0.25, 0.3) is 5.91 Å². The highest BCUT2D eigenvalue weighted by Gasteiger charge is 2.25. The standard InChI is InChI=1S/C20H23ClN4O3S/c1-20(2,3)25-17-9-7-6-8-16(17)22-19(25)23-18(26)14-12-13(10-11-15(14)21)29(27,28)24(4)5/h6-12H,1-5H3,(H,22,23,26). The Bertz CT molecular complexity index is 1190. The molecule has 3 rings (SSSR count). The number of fused-ring (bicyclic) bond motifs is 1. The second-order valence-corrected chi connectivity index (χ2v) is 10.4. The van der Waals surface area contributed by atoms with Crippen LogP contribution in [0.5, 0.6) is 0 Å². The highest BCUT2D eigenvalue weighted by atomic mass is 35.5. The van der Waals surface area contributed by atoms with Crippen molar-refractivity contribution in [2.24, 2.45) is 0 Å². The maximum atomic E-state index is 13.0. The number of imidazole rings is 1. The molecule has 1 amide bonds. The lowest BCUT2D eigenvalue weighted by Crippen LogP contribution is -2.26. The number of aromatic nitrogens is 2. The zero-order valence-electron chi connectivity index (χ0n) is 16.9. The minimum atomic E-state index is -3.70. The summed E-state index contributed by atoms with van der Waals surface area (Å²) < 4.78 is 27.8. The maximum absolute atomic E-state index is 13.0. The lowest BCUT2D eigenvalue weighted by atomic mass is 10.1. The Morgan fingerprint density at radius 1 is 1.14 bits per heavy atom. The van der Waals surface area contributed by atoms with E-state index < -0.39 is 15.9 Å². The molecule has 0 radical (unpaired) electrons. The zero-order valence-corrected chi connectivity index (χ0v) is 18.5. The Kier molecular flexibility index (Phi) is 5.46. The number of benzene rings is 2. The number of nitrogens with one attached hydrogen (secondary N) is 1. The van der Waals surface area contributed by atoms with Crippen LogP contribution >= 0.6 is 11.6 Å². The van der Waals surface area contributed by atoms with Crippen LogP contribution in [0.2, 0.25) is 5.02 Å². The lowest BCUT2D eigenvalue weighted by molar-refractivity contribution is 0.102. The molecule has 0 aliphatic carbocycles. The van der Waals surface area contributed by atoms with Crippen LogP contribution in [0.15, 0.2) is 47.4 Å². The van der Waals surface area contributed by atoms with Gasteiger partial charge in [-0.25, -0.2) is 17.7 Å². The number of nitrogens with zero attached hydrogens (tertiary/aromatic N) is 3. The zero-order chi connectivity index (χ0) is 21.6. The van der Waals surface area contributed by atoms with Gasteiger partial charge in [-0.2, -0.15) is 0 Å². The first-order valence-corrected chi connectivity index (χ1v) is 10.8. The summed E-state index contributed by atoms with van der Waals surface area (Å²) >= 11 is 6.20. The van der Waals surface area contributed by atoms with Gasteiger partial charge >= 0.3 is 0 Å². The number of para-hydroxylation sites is 2. The van der Waals surface area contributed by atoms with E-state index >= 15 is 0 Å². The third-order valence-electron chi connectivity index (χ3n) is 4.42. The summed E-state index contributed by atoms with van der Waals surface area (Å²) in [7, 11) is -0.849. The molecule has 154 valence electrons. The van der Waals surface area contributed by atoms with Crippen LogP contribution in [0.3, 0.4) is 0 Å². The van der Waals surface area contributed by atoms with Crippen LogP contribution in [-0.2, 0) is 15.6 Å². The Hall–Kier alpha value is -2.42. The van der Waals surface area contributed by atoms with Gasteiger partial charge < -0.3 is 4.57 Å². The van der Waals surface area contributed by atoms with E-state index in [1.54, 1.807) is 0 Å². The van der Waals surface area contributed by atoms with Gasteiger partial charge in [0.1, 0.15) is 0 Å². The second-order valence-electron chi connectivity index (χ2n) is 7.81. The van der Waals surface area contributed by atoms with E-state index in [2.05, 4.69) is 10.3 Å². The molecule has 0 aliphatic rings. The first kappa shape index (κ1) is 21.3. The average molecular weight is 435 g/mol. The molecule has 0 saturated carbocycles. The molecule has 1 heterocycles. The second kappa shape index (κ2) is 7.44. The number of halogens is 1. The number of anilines is 1. The molecule has 9 heteroatoms. The first-order valence-electron chi connectivity index (χ1n) is 8.94. The smallest absolute Gasteiger partial charge is 0.259 e. The fourth-order valence-corrected chi connectivity index (χ4v) is 4.14. The van der Waals surface area contributed by atoms with Crippen molar-refractivity contribution in [3.8, 4) is 0 Å². The molecule has 3 aromatic rings. The van der Waals surface area contributed by atoms with E-state index in [4.69, 9.17) is 11.6 Å². The van der Waals surface area contributed by atoms with Crippen LogP contribution in [0.1, 0.15) is 31.1 Å². The maximum Gasteiger partial charge on any atom is 0.259 e. The van der Waals surface area contributed by atoms with Crippen molar-refractivity contribution < 1.29 is 13.2 Å². The number of carbonyl (C=O) groups is 1. The summed E-state index contributed by atoms with van der Waals surface area (Å²) in [6.07, 6.45) is 0. The fraction of sp³-hybridized carbons (Fsp3) is 0.300. The Morgan fingerprint density at radius 2 is 1.79 bits per heavy atom. The molecule has 0 unspecified atom stereocenters. The van der Waals surface area contributed by atoms with Gasteiger partial charge in [0, 0.05) is 19.6 Å². The Morgan fingerprint density at radius 3 is 2.41 bits per heavy atom. The number of hydrogen-bond donors (Lipinski definition) is 1. The Balaban J connectivity index is 2.06. The van der Waals surface area contributed by atoms with Crippen LogP contribution in [0.25, 0.3) is 11.0 Å². The molecular weight excluding hydrogens is 412 g/mol.